The predicted molar refractivity (Wildman–Crippen MR) is 95.3 cm³/mol. The number of aromatic nitrogens is 2. The molecule has 1 heterocycles. The number of methoxy groups -OCH3 is 1. The Morgan fingerprint density at radius 2 is 2.04 bits per heavy atom. The molecule has 0 fully saturated rings. The first-order chi connectivity index (χ1) is 11.6. The molecule has 2 N–H and O–H groups in total. The van der Waals surface area contributed by atoms with Crippen molar-refractivity contribution in [3.63, 3.8) is 0 Å². The molecule has 0 aliphatic carbocycles. The van der Waals surface area contributed by atoms with E-state index in [-0.39, 0.29) is 5.91 Å². The van der Waals surface area contributed by atoms with E-state index in [2.05, 4.69) is 27.9 Å². The second-order valence-electron chi connectivity index (χ2n) is 5.54. The molecule has 0 saturated heterocycles. The molecule has 1 amide bonds. The van der Waals surface area contributed by atoms with Crippen molar-refractivity contribution < 1.29 is 9.53 Å². The highest BCUT2D eigenvalue weighted by atomic mass is 16.5. The van der Waals surface area contributed by atoms with Gasteiger partial charge in [-0.2, -0.15) is 5.10 Å². The van der Waals surface area contributed by atoms with E-state index in [0.717, 1.165) is 22.3 Å². The topological polar surface area (TPSA) is 68.2 Å². The van der Waals surface area contributed by atoms with Gasteiger partial charge in [0.2, 0.25) is 5.91 Å². The number of rotatable bonds is 5. The van der Waals surface area contributed by atoms with E-state index >= 15 is 0 Å². The third-order valence-electron chi connectivity index (χ3n) is 3.80. The molecule has 24 heavy (non-hydrogen) atoms. The standard InChI is InChI=1S/C18H20N4O2/c1-12(23)20-13-8-9-15(18(10-13)24-3)19-11-16-14-6-4-5-7-17(14)22(2)21-16/h4-10,19H,11H2,1-3H3,(H,20,23). The van der Waals surface area contributed by atoms with Crippen molar-refractivity contribution in [3.8, 4) is 5.75 Å². The molecular weight excluding hydrogens is 304 g/mol. The average molecular weight is 324 g/mol. The second-order valence-corrected chi connectivity index (χ2v) is 5.54. The van der Waals surface area contributed by atoms with Gasteiger partial charge in [0.1, 0.15) is 5.75 Å². The molecule has 0 unspecified atom stereocenters. The highest BCUT2D eigenvalue weighted by Gasteiger charge is 2.10. The lowest BCUT2D eigenvalue weighted by molar-refractivity contribution is -0.114. The summed E-state index contributed by atoms with van der Waals surface area (Å²) in [6.07, 6.45) is 0. The molecule has 0 spiro atoms. The minimum absolute atomic E-state index is 0.113. The zero-order chi connectivity index (χ0) is 17.1. The van der Waals surface area contributed by atoms with Gasteiger partial charge in [0.25, 0.3) is 0 Å². The number of carbonyl (C=O) groups is 1. The van der Waals surface area contributed by atoms with Gasteiger partial charge in [-0.1, -0.05) is 18.2 Å². The zero-order valence-corrected chi connectivity index (χ0v) is 14.0. The monoisotopic (exact) mass is 324 g/mol. The summed E-state index contributed by atoms with van der Waals surface area (Å²) in [6, 6.07) is 13.6. The van der Waals surface area contributed by atoms with Gasteiger partial charge in [-0.05, 0) is 18.2 Å². The number of para-hydroxylation sites is 1. The van der Waals surface area contributed by atoms with Gasteiger partial charge in [-0.15, -0.1) is 0 Å². The van der Waals surface area contributed by atoms with Gasteiger partial charge in [-0.3, -0.25) is 9.48 Å². The number of nitrogens with one attached hydrogen (secondary N) is 2. The number of ether oxygens (including phenoxy) is 1. The van der Waals surface area contributed by atoms with Crippen molar-refractivity contribution in [2.75, 3.05) is 17.7 Å². The van der Waals surface area contributed by atoms with E-state index in [9.17, 15) is 4.79 Å². The van der Waals surface area contributed by atoms with E-state index in [0.29, 0.717) is 18.0 Å². The first-order valence-electron chi connectivity index (χ1n) is 7.68. The summed E-state index contributed by atoms with van der Waals surface area (Å²) in [5.74, 6) is 0.555. The maximum absolute atomic E-state index is 11.2. The Morgan fingerprint density at radius 3 is 2.79 bits per heavy atom. The number of aryl methyl sites for hydroxylation is 1. The Kier molecular flexibility index (Phi) is 4.37. The highest BCUT2D eigenvalue weighted by molar-refractivity contribution is 5.89. The van der Waals surface area contributed by atoms with E-state index < -0.39 is 0 Å². The molecule has 0 aliphatic heterocycles. The number of amides is 1. The summed E-state index contributed by atoms with van der Waals surface area (Å²) < 4.78 is 7.29. The van der Waals surface area contributed by atoms with Gasteiger partial charge >= 0.3 is 0 Å². The smallest absolute Gasteiger partial charge is 0.221 e. The molecule has 0 atom stereocenters. The summed E-state index contributed by atoms with van der Waals surface area (Å²) in [5.41, 5.74) is 3.62. The number of hydrogen-bond donors (Lipinski definition) is 2. The fraction of sp³-hybridized carbons (Fsp3) is 0.222. The van der Waals surface area contributed by atoms with Crippen LogP contribution in [0.3, 0.4) is 0 Å². The van der Waals surface area contributed by atoms with Crippen LogP contribution in [0, 0.1) is 0 Å². The normalized spacial score (nSPS) is 10.6. The van der Waals surface area contributed by atoms with Crippen LogP contribution in [0.2, 0.25) is 0 Å². The Morgan fingerprint density at radius 1 is 1.25 bits per heavy atom. The lowest BCUT2D eigenvalue weighted by Crippen LogP contribution is -2.07. The fourth-order valence-corrected chi connectivity index (χ4v) is 2.72. The van der Waals surface area contributed by atoms with E-state index in [1.807, 2.05) is 36.0 Å². The second kappa shape index (κ2) is 6.62. The molecule has 3 aromatic rings. The number of carbonyl (C=O) groups excluding carboxylic acids is 1. The first kappa shape index (κ1) is 15.9. The Labute approximate surface area is 140 Å². The van der Waals surface area contributed by atoms with Crippen molar-refractivity contribution in [2.45, 2.75) is 13.5 Å². The van der Waals surface area contributed by atoms with Gasteiger partial charge < -0.3 is 15.4 Å². The van der Waals surface area contributed by atoms with Crippen LogP contribution in [0.1, 0.15) is 12.6 Å². The average Bonchev–Trinajstić information content (AvgIpc) is 2.89. The van der Waals surface area contributed by atoms with Crippen LogP contribution < -0.4 is 15.4 Å². The Hall–Kier alpha value is -3.02. The number of nitrogens with zero attached hydrogens (tertiary/aromatic N) is 2. The van der Waals surface area contributed by atoms with Crippen LogP contribution in [0.4, 0.5) is 11.4 Å². The van der Waals surface area contributed by atoms with Crippen molar-refractivity contribution in [2.24, 2.45) is 7.05 Å². The molecule has 0 saturated carbocycles. The van der Waals surface area contributed by atoms with Crippen LogP contribution in [0.5, 0.6) is 5.75 Å². The van der Waals surface area contributed by atoms with Gasteiger partial charge in [-0.25, -0.2) is 0 Å². The molecule has 0 aliphatic rings. The Bertz CT molecular complexity index is 886. The van der Waals surface area contributed by atoms with E-state index in [1.165, 1.54) is 6.92 Å². The number of fused-ring (bicyclic) bond motifs is 1. The fourth-order valence-electron chi connectivity index (χ4n) is 2.72. The number of benzene rings is 2. The van der Waals surface area contributed by atoms with E-state index in [4.69, 9.17) is 4.74 Å². The molecule has 0 bridgehead atoms. The van der Waals surface area contributed by atoms with Crippen LogP contribution >= 0.6 is 0 Å². The quantitative estimate of drug-likeness (QED) is 0.756. The summed E-state index contributed by atoms with van der Waals surface area (Å²) in [4.78, 5) is 11.2. The highest BCUT2D eigenvalue weighted by Crippen LogP contribution is 2.29. The van der Waals surface area contributed by atoms with Gasteiger partial charge in [0.15, 0.2) is 0 Å². The largest absolute Gasteiger partial charge is 0.495 e. The predicted octanol–water partition coefficient (Wildman–Crippen LogP) is 3.15. The molecule has 0 radical (unpaired) electrons. The van der Waals surface area contributed by atoms with Crippen LogP contribution in [0.15, 0.2) is 42.5 Å². The first-order valence-corrected chi connectivity index (χ1v) is 7.68. The lowest BCUT2D eigenvalue weighted by Gasteiger charge is -2.12. The zero-order valence-electron chi connectivity index (χ0n) is 14.0. The third-order valence-corrected chi connectivity index (χ3v) is 3.80. The van der Waals surface area contributed by atoms with Crippen LogP contribution in [-0.2, 0) is 18.4 Å². The van der Waals surface area contributed by atoms with Crippen LogP contribution in [0.25, 0.3) is 10.9 Å². The Balaban J connectivity index is 1.82. The summed E-state index contributed by atoms with van der Waals surface area (Å²) >= 11 is 0. The number of anilines is 2. The maximum atomic E-state index is 11.2. The van der Waals surface area contributed by atoms with Crippen molar-refractivity contribution in [3.05, 3.63) is 48.2 Å². The minimum Gasteiger partial charge on any atom is -0.495 e. The SMILES string of the molecule is COc1cc(NC(C)=O)ccc1NCc1nn(C)c2ccccc12. The lowest BCUT2D eigenvalue weighted by atomic mass is 10.2. The van der Waals surface area contributed by atoms with Crippen molar-refractivity contribution in [1.82, 2.24) is 9.78 Å². The molecule has 6 nitrogen and oxygen atoms in total. The van der Waals surface area contributed by atoms with Gasteiger partial charge in [0.05, 0.1) is 30.6 Å². The third kappa shape index (κ3) is 3.17. The summed E-state index contributed by atoms with van der Waals surface area (Å²) in [7, 11) is 3.54. The summed E-state index contributed by atoms with van der Waals surface area (Å²) in [5, 5.41) is 11.8. The summed E-state index contributed by atoms with van der Waals surface area (Å²) in [6.45, 7) is 2.06. The molecule has 1 aromatic heterocycles. The van der Waals surface area contributed by atoms with Crippen LogP contribution in [-0.4, -0.2) is 22.8 Å². The molecule has 6 heteroatoms. The molecule has 124 valence electrons. The molecule has 2 aromatic carbocycles. The maximum Gasteiger partial charge on any atom is 0.221 e. The van der Waals surface area contributed by atoms with Crippen molar-refractivity contribution >= 4 is 28.2 Å². The minimum atomic E-state index is -0.113. The molecular formula is C18H20N4O2. The number of hydrogen-bond acceptors (Lipinski definition) is 4. The van der Waals surface area contributed by atoms with Crippen molar-refractivity contribution in [1.29, 1.82) is 0 Å². The molecule has 3 rings (SSSR count). The van der Waals surface area contributed by atoms with E-state index in [1.54, 1.807) is 13.2 Å². The van der Waals surface area contributed by atoms with Gasteiger partial charge in [0, 0.05) is 31.1 Å².